The van der Waals surface area contributed by atoms with Gasteiger partial charge in [-0.25, -0.2) is 9.97 Å². The average Bonchev–Trinajstić information content (AvgIpc) is 2.94. The van der Waals surface area contributed by atoms with Crippen LogP contribution in [0.25, 0.3) is 0 Å². The zero-order valence-corrected chi connectivity index (χ0v) is 12.0. The summed E-state index contributed by atoms with van der Waals surface area (Å²) >= 11 is 0. The molecule has 0 aliphatic carbocycles. The van der Waals surface area contributed by atoms with Crippen LogP contribution >= 0.6 is 0 Å². The minimum atomic E-state index is 0.243. The van der Waals surface area contributed by atoms with Gasteiger partial charge < -0.3 is 19.5 Å². The van der Waals surface area contributed by atoms with Gasteiger partial charge in [-0.3, -0.25) is 0 Å². The molecule has 1 aliphatic rings. The van der Waals surface area contributed by atoms with Gasteiger partial charge >= 0.3 is 6.01 Å². The average molecular weight is 287 g/mol. The number of benzene rings is 1. The zero-order chi connectivity index (χ0) is 14.7. The first kappa shape index (κ1) is 13.6. The Morgan fingerprint density at radius 1 is 1.19 bits per heavy atom. The van der Waals surface area contributed by atoms with Crippen LogP contribution in [0.2, 0.25) is 0 Å². The molecular weight excluding hydrogens is 270 g/mol. The summed E-state index contributed by atoms with van der Waals surface area (Å²) in [5, 5.41) is 3.31. The van der Waals surface area contributed by atoms with Crippen molar-refractivity contribution in [2.45, 2.75) is 26.4 Å². The van der Waals surface area contributed by atoms with Gasteiger partial charge in [0.25, 0.3) is 0 Å². The smallest absolute Gasteiger partial charge is 0.321 e. The first-order valence-electron chi connectivity index (χ1n) is 6.82. The standard InChI is InChI=1S/C15H17N3O3/c1-10(2)16-6-11-7-17-15(18-8-11)21-12-3-4-13-14(5-12)20-9-19-13/h3-5,7-8,10,16H,6,9H2,1-2H3. The van der Waals surface area contributed by atoms with Gasteiger partial charge in [-0.1, -0.05) is 13.8 Å². The molecule has 6 heteroatoms. The number of nitrogens with zero attached hydrogens (tertiary/aromatic N) is 2. The minimum absolute atomic E-state index is 0.243. The molecule has 0 amide bonds. The van der Waals surface area contributed by atoms with Crippen LogP contribution in [0.5, 0.6) is 23.3 Å². The van der Waals surface area contributed by atoms with Gasteiger partial charge in [0.1, 0.15) is 5.75 Å². The van der Waals surface area contributed by atoms with Gasteiger partial charge in [-0.05, 0) is 12.1 Å². The molecule has 1 N–H and O–H groups in total. The molecule has 21 heavy (non-hydrogen) atoms. The van der Waals surface area contributed by atoms with E-state index in [4.69, 9.17) is 14.2 Å². The lowest BCUT2D eigenvalue weighted by atomic mass is 10.3. The largest absolute Gasteiger partial charge is 0.454 e. The monoisotopic (exact) mass is 287 g/mol. The third kappa shape index (κ3) is 3.41. The molecule has 0 fully saturated rings. The van der Waals surface area contributed by atoms with E-state index in [1.807, 2.05) is 0 Å². The lowest BCUT2D eigenvalue weighted by Crippen LogP contribution is -2.21. The minimum Gasteiger partial charge on any atom is -0.454 e. The molecule has 0 bridgehead atoms. The van der Waals surface area contributed by atoms with E-state index < -0.39 is 0 Å². The Morgan fingerprint density at radius 3 is 2.71 bits per heavy atom. The van der Waals surface area contributed by atoms with E-state index >= 15 is 0 Å². The SMILES string of the molecule is CC(C)NCc1cnc(Oc2ccc3c(c2)OCO3)nc1. The molecule has 1 aromatic carbocycles. The molecule has 110 valence electrons. The highest BCUT2D eigenvalue weighted by Crippen LogP contribution is 2.35. The lowest BCUT2D eigenvalue weighted by Gasteiger charge is -2.08. The maximum Gasteiger partial charge on any atom is 0.321 e. The second-order valence-electron chi connectivity index (χ2n) is 5.03. The fraction of sp³-hybridized carbons (Fsp3) is 0.333. The quantitative estimate of drug-likeness (QED) is 0.911. The van der Waals surface area contributed by atoms with Crippen LogP contribution < -0.4 is 19.5 Å². The summed E-state index contributed by atoms with van der Waals surface area (Å²) < 4.78 is 16.2. The van der Waals surface area contributed by atoms with E-state index in [0.717, 1.165) is 17.9 Å². The highest BCUT2D eigenvalue weighted by molar-refractivity contribution is 5.47. The van der Waals surface area contributed by atoms with Gasteiger partial charge in [0, 0.05) is 36.6 Å². The van der Waals surface area contributed by atoms with E-state index in [2.05, 4.69) is 29.1 Å². The molecule has 2 heterocycles. The molecule has 3 rings (SSSR count). The number of hydrogen-bond donors (Lipinski definition) is 1. The van der Waals surface area contributed by atoms with Gasteiger partial charge in [0.05, 0.1) is 0 Å². The number of fused-ring (bicyclic) bond motifs is 1. The van der Waals surface area contributed by atoms with E-state index in [0.29, 0.717) is 23.6 Å². The van der Waals surface area contributed by atoms with Crippen molar-refractivity contribution >= 4 is 0 Å². The molecule has 0 saturated carbocycles. The second-order valence-corrected chi connectivity index (χ2v) is 5.03. The van der Waals surface area contributed by atoms with Gasteiger partial charge in [-0.15, -0.1) is 0 Å². The topological polar surface area (TPSA) is 65.5 Å². The summed E-state index contributed by atoms with van der Waals surface area (Å²) in [6.45, 7) is 5.17. The number of aromatic nitrogens is 2. The van der Waals surface area contributed by atoms with Crippen molar-refractivity contribution in [3.63, 3.8) is 0 Å². The number of hydrogen-bond acceptors (Lipinski definition) is 6. The van der Waals surface area contributed by atoms with Crippen molar-refractivity contribution in [2.24, 2.45) is 0 Å². The number of rotatable bonds is 5. The zero-order valence-electron chi connectivity index (χ0n) is 12.0. The Hall–Kier alpha value is -2.34. The number of ether oxygens (including phenoxy) is 3. The van der Waals surface area contributed by atoms with Crippen molar-refractivity contribution in [3.05, 3.63) is 36.2 Å². The Kier molecular flexibility index (Phi) is 3.87. The molecule has 0 saturated heterocycles. The van der Waals surface area contributed by atoms with Crippen molar-refractivity contribution < 1.29 is 14.2 Å². The maximum atomic E-state index is 5.61. The fourth-order valence-corrected chi connectivity index (χ4v) is 1.85. The predicted octanol–water partition coefficient (Wildman–Crippen LogP) is 2.50. The van der Waals surface area contributed by atoms with Crippen LogP contribution in [0.15, 0.2) is 30.6 Å². The van der Waals surface area contributed by atoms with Crippen molar-refractivity contribution in [3.8, 4) is 23.3 Å². The summed E-state index contributed by atoms with van der Waals surface area (Å²) in [4.78, 5) is 8.40. The molecule has 0 atom stereocenters. The fourth-order valence-electron chi connectivity index (χ4n) is 1.85. The number of nitrogens with one attached hydrogen (secondary N) is 1. The second kappa shape index (κ2) is 5.97. The Labute approximate surface area is 123 Å². The molecule has 0 spiro atoms. The first-order valence-corrected chi connectivity index (χ1v) is 6.82. The Bertz CT molecular complexity index is 614. The van der Waals surface area contributed by atoms with E-state index in [1.54, 1.807) is 30.6 Å². The normalized spacial score (nSPS) is 12.7. The molecule has 0 radical (unpaired) electrons. The summed E-state index contributed by atoms with van der Waals surface area (Å²) in [6, 6.07) is 6.10. The molecule has 6 nitrogen and oxygen atoms in total. The summed E-state index contributed by atoms with van der Waals surface area (Å²) in [5.41, 5.74) is 1.02. The summed E-state index contributed by atoms with van der Waals surface area (Å²) in [7, 11) is 0. The summed E-state index contributed by atoms with van der Waals surface area (Å²) in [6.07, 6.45) is 3.51. The van der Waals surface area contributed by atoms with Crippen molar-refractivity contribution in [1.29, 1.82) is 0 Å². The van der Waals surface area contributed by atoms with Crippen LogP contribution in [0.1, 0.15) is 19.4 Å². The van der Waals surface area contributed by atoms with Crippen LogP contribution in [0.3, 0.4) is 0 Å². The molecule has 0 unspecified atom stereocenters. The molecule has 1 aliphatic heterocycles. The first-order chi connectivity index (χ1) is 10.2. The molecule has 2 aromatic rings. The highest BCUT2D eigenvalue weighted by Gasteiger charge is 2.14. The molecular formula is C15H17N3O3. The van der Waals surface area contributed by atoms with E-state index in [1.165, 1.54) is 0 Å². The van der Waals surface area contributed by atoms with Gasteiger partial charge in [0.15, 0.2) is 11.5 Å². The Balaban J connectivity index is 1.65. The lowest BCUT2D eigenvalue weighted by molar-refractivity contribution is 0.174. The van der Waals surface area contributed by atoms with E-state index in [9.17, 15) is 0 Å². The maximum absolute atomic E-state index is 5.61. The van der Waals surface area contributed by atoms with E-state index in [-0.39, 0.29) is 6.79 Å². The highest BCUT2D eigenvalue weighted by atomic mass is 16.7. The van der Waals surface area contributed by atoms with Crippen molar-refractivity contribution in [2.75, 3.05) is 6.79 Å². The van der Waals surface area contributed by atoms with Crippen LogP contribution in [0, 0.1) is 0 Å². The van der Waals surface area contributed by atoms with Crippen LogP contribution in [-0.4, -0.2) is 22.8 Å². The Morgan fingerprint density at radius 2 is 1.95 bits per heavy atom. The predicted molar refractivity (Wildman–Crippen MR) is 76.6 cm³/mol. The third-order valence-electron chi connectivity index (χ3n) is 2.95. The van der Waals surface area contributed by atoms with Gasteiger partial charge in [-0.2, -0.15) is 0 Å². The molecule has 1 aromatic heterocycles. The van der Waals surface area contributed by atoms with Crippen molar-refractivity contribution in [1.82, 2.24) is 15.3 Å². The third-order valence-corrected chi connectivity index (χ3v) is 2.95. The van der Waals surface area contributed by atoms with Crippen LogP contribution in [0.4, 0.5) is 0 Å². The summed E-state index contributed by atoms with van der Waals surface area (Å²) in [5.74, 6) is 2.01. The van der Waals surface area contributed by atoms with Gasteiger partial charge in [0.2, 0.25) is 6.79 Å². The van der Waals surface area contributed by atoms with Crippen LogP contribution in [-0.2, 0) is 6.54 Å².